The largest absolute Gasteiger partial charge is 0.433 e. The predicted octanol–water partition coefficient (Wildman–Crippen LogP) is 4.45. The molecule has 2 rings (SSSR count). The first-order valence-corrected chi connectivity index (χ1v) is 8.64. The number of nitrogens with zero attached hydrogens (tertiary/aromatic N) is 3. The van der Waals surface area contributed by atoms with Crippen molar-refractivity contribution in [3.63, 3.8) is 0 Å². The SMILES string of the molecule is CC(C)(C)S(=O)N=C(c1ccc(Cl)cn1)c1cccc(C(F)(F)F)n1. The van der Waals surface area contributed by atoms with E-state index in [0.29, 0.717) is 5.02 Å². The van der Waals surface area contributed by atoms with E-state index in [2.05, 4.69) is 14.4 Å². The van der Waals surface area contributed by atoms with E-state index in [-0.39, 0.29) is 17.1 Å². The van der Waals surface area contributed by atoms with Crippen molar-refractivity contribution in [2.45, 2.75) is 31.7 Å². The van der Waals surface area contributed by atoms with E-state index in [1.165, 1.54) is 30.5 Å². The standard InChI is InChI=1S/C16H15ClF3N3OS/c1-15(2,3)25(24)23-14(11-8-7-10(17)9-21-11)12-5-4-6-13(22-12)16(18,19)20/h4-9H,1-3H3. The van der Waals surface area contributed by atoms with Crippen molar-refractivity contribution in [1.82, 2.24) is 9.97 Å². The molecule has 2 heterocycles. The quantitative estimate of drug-likeness (QED) is 0.729. The summed E-state index contributed by atoms with van der Waals surface area (Å²) in [6, 6.07) is 6.45. The van der Waals surface area contributed by atoms with Crippen LogP contribution < -0.4 is 0 Å². The molecular formula is C16H15ClF3N3OS. The first-order valence-electron chi connectivity index (χ1n) is 7.16. The fourth-order valence-electron chi connectivity index (χ4n) is 1.68. The second-order valence-electron chi connectivity index (χ2n) is 6.07. The van der Waals surface area contributed by atoms with Gasteiger partial charge in [0, 0.05) is 6.20 Å². The van der Waals surface area contributed by atoms with Gasteiger partial charge in [-0.3, -0.25) is 4.98 Å². The van der Waals surface area contributed by atoms with E-state index in [9.17, 15) is 17.4 Å². The van der Waals surface area contributed by atoms with Crippen LogP contribution in [0.5, 0.6) is 0 Å². The third kappa shape index (κ3) is 5.09. The van der Waals surface area contributed by atoms with Crippen LogP contribution in [-0.4, -0.2) is 24.6 Å². The number of rotatable bonds is 3. The summed E-state index contributed by atoms with van der Waals surface area (Å²) >= 11 is 5.80. The smallest absolute Gasteiger partial charge is 0.253 e. The van der Waals surface area contributed by atoms with Gasteiger partial charge in [-0.2, -0.15) is 17.6 Å². The molecule has 0 amide bonds. The maximum absolute atomic E-state index is 12.9. The Hall–Kier alpha value is -1.80. The summed E-state index contributed by atoms with van der Waals surface area (Å²) in [5.74, 6) is 0. The third-order valence-electron chi connectivity index (χ3n) is 2.95. The second-order valence-corrected chi connectivity index (χ2v) is 8.41. The van der Waals surface area contributed by atoms with Crippen molar-refractivity contribution in [3.05, 3.63) is 58.6 Å². The third-order valence-corrected chi connectivity index (χ3v) is 4.57. The lowest BCUT2D eigenvalue weighted by Gasteiger charge is -2.15. The Morgan fingerprint density at radius 2 is 1.80 bits per heavy atom. The van der Waals surface area contributed by atoms with Crippen LogP contribution in [0.3, 0.4) is 0 Å². The Morgan fingerprint density at radius 1 is 1.12 bits per heavy atom. The van der Waals surface area contributed by atoms with Crippen molar-refractivity contribution in [3.8, 4) is 0 Å². The molecule has 0 aromatic carbocycles. The molecule has 0 aliphatic rings. The highest BCUT2D eigenvalue weighted by Gasteiger charge is 2.33. The summed E-state index contributed by atoms with van der Waals surface area (Å²) in [5, 5.41) is 0.358. The van der Waals surface area contributed by atoms with Crippen LogP contribution in [0, 0.1) is 0 Å². The molecule has 0 fully saturated rings. The molecule has 0 spiro atoms. The Labute approximate surface area is 150 Å². The fraction of sp³-hybridized carbons (Fsp3) is 0.312. The Morgan fingerprint density at radius 3 is 2.32 bits per heavy atom. The highest BCUT2D eigenvalue weighted by Crippen LogP contribution is 2.28. The molecule has 1 atom stereocenters. The topological polar surface area (TPSA) is 55.2 Å². The van der Waals surface area contributed by atoms with Gasteiger partial charge in [-0.25, -0.2) is 9.19 Å². The Balaban J connectivity index is 2.62. The van der Waals surface area contributed by atoms with E-state index in [1.54, 1.807) is 20.8 Å². The van der Waals surface area contributed by atoms with Crippen molar-refractivity contribution in [2.75, 3.05) is 0 Å². The zero-order valence-corrected chi connectivity index (χ0v) is 15.2. The first kappa shape index (κ1) is 19.5. The monoisotopic (exact) mass is 389 g/mol. The molecule has 0 aliphatic heterocycles. The summed E-state index contributed by atoms with van der Waals surface area (Å²) in [4.78, 5) is 7.68. The van der Waals surface area contributed by atoms with Gasteiger partial charge in [-0.15, -0.1) is 0 Å². The molecule has 0 N–H and O–H groups in total. The predicted molar refractivity (Wildman–Crippen MR) is 92.0 cm³/mol. The molecule has 0 saturated heterocycles. The van der Waals surface area contributed by atoms with Gasteiger partial charge in [-0.1, -0.05) is 17.7 Å². The number of hydrogen-bond acceptors (Lipinski definition) is 3. The van der Waals surface area contributed by atoms with Crippen molar-refractivity contribution in [2.24, 2.45) is 4.40 Å². The van der Waals surface area contributed by atoms with E-state index in [1.807, 2.05) is 0 Å². The Kier molecular flexibility index (Phi) is 5.63. The minimum atomic E-state index is -4.60. The molecule has 25 heavy (non-hydrogen) atoms. The Bertz CT molecular complexity index is 815. The lowest BCUT2D eigenvalue weighted by atomic mass is 10.1. The normalized spacial score (nSPS) is 14.4. The number of halogens is 4. The maximum Gasteiger partial charge on any atom is 0.433 e. The second kappa shape index (κ2) is 7.21. The van der Waals surface area contributed by atoms with Crippen molar-refractivity contribution < 1.29 is 17.4 Å². The summed E-state index contributed by atoms with van der Waals surface area (Å²) < 4.78 is 54.6. The molecule has 134 valence electrons. The van der Waals surface area contributed by atoms with Crippen molar-refractivity contribution in [1.29, 1.82) is 0 Å². The van der Waals surface area contributed by atoms with Gasteiger partial charge in [0.1, 0.15) is 22.4 Å². The van der Waals surface area contributed by atoms with Crippen LogP contribution in [0.15, 0.2) is 40.9 Å². The van der Waals surface area contributed by atoms with E-state index in [0.717, 1.165) is 6.07 Å². The van der Waals surface area contributed by atoms with Crippen LogP contribution in [0.25, 0.3) is 0 Å². The van der Waals surface area contributed by atoms with Crippen LogP contribution >= 0.6 is 11.6 Å². The molecule has 1 unspecified atom stereocenters. The highest BCUT2D eigenvalue weighted by atomic mass is 35.5. The van der Waals surface area contributed by atoms with E-state index < -0.39 is 27.6 Å². The fourth-order valence-corrected chi connectivity index (χ4v) is 2.42. The van der Waals surface area contributed by atoms with Crippen LogP contribution in [-0.2, 0) is 17.2 Å². The molecule has 0 radical (unpaired) electrons. The minimum absolute atomic E-state index is 0.0102. The van der Waals surface area contributed by atoms with Gasteiger partial charge in [0.25, 0.3) is 0 Å². The van der Waals surface area contributed by atoms with Crippen LogP contribution in [0.1, 0.15) is 37.9 Å². The molecule has 4 nitrogen and oxygen atoms in total. The minimum Gasteiger partial charge on any atom is -0.253 e. The van der Waals surface area contributed by atoms with Gasteiger partial charge < -0.3 is 0 Å². The van der Waals surface area contributed by atoms with Gasteiger partial charge in [0.05, 0.1) is 21.2 Å². The van der Waals surface area contributed by atoms with Gasteiger partial charge in [0.2, 0.25) is 0 Å². The number of pyridine rings is 2. The molecule has 0 saturated carbocycles. The van der Waals surface area contributed by atoms with Crippen LogP contribution in [0.4, 0.5) is 13.2 Å². The lowest BCUT2D eigenvalue weighted by molar-refractivity contribution is -0.141. The number of alkyl halides is 3. The van der Waals surface area contributed by atoms with E-state index in [4.69, 9.17) is 11.6 Å². The van der Waals surface area contributed by atoms with Gasteiger partial charge in [0.15, 0.2) is 0 Å². The van der Waals surface area contributed by atoms with Crippen LogP contribution in [0.2, 0.25) is 5.02 Å². The van der Waals surface area contributed by atoms with Crippen molar-refractivity contribution >= 4 is 28.3 Å². The zero-order chi connectivity index (χ0) is 18.8. The molecule has 0 aliphatic carbocycles. The summed E-state index contributed by atoms with van der Waals surface area (Å²) in [5.41, 5.74) is -0.889. The van der Waals surface area contributed by atoms with Gasteiger partial charge in [-0.05, 0) is 45.0 Å². The molecular weight excluding hydrogens is 375 g/mol. The summed E-state index contributed by atoms with van der Waals surface area (Å²) in [6.07, 6.45) is -3.27. The number of hydrogen-bond donors (Lipinski definition) is 0. The summed E-state index contributed by atoms with van der Waals surface area (Å²) in [7, 11) is -1.71. The summed E-state index contributed by atoms with van der Waals surface area (Å²) in [6.45, 7) is 5.12. The first-order chi connectivity index (χ1) is 11.5. The average molecular weight is 390 g/mol. The zero-order valence-electron chi connectivity index (χ0n) is 13.6. The van der Waals surface area contributed by atoms with Gasteiger partial charge >= 0.3 is 6.18 Å². The number of aromatic nitrogens is 2. The molecule has 9 heteroatoms. The lowest BCUT2D eigenvalue weighted by Crippen LogP contribution is -2.22. The molecule has 0 bridgehead atoms. The molecule has 2 aromatic heterocycles. The average Bonchev–Trinajstić information content (AvgIpc) is 2.52. The van der Waals surface area contributed by atoms with E-state index >= 15 is 0 Å². The highest BCUT2D eigenvalue weighted by molar-refractivity contribution is 7.85. The maximum atomic E-state index is 12.9. The molecule has 2 aromatic rings.